The molecule has 0 saturated carbocycles. The quantitative estimate of drug-likeness (QED) is 0.908. The smallest absolute Gasteiger partial charge is 0.253 e. The summed E-state index contributed by atoms with van der Waals surface area (Å²) in [5.74, 6) is 0.853. The molecule has 0 bridgehead atoms. The van der Waals surface area contributed by atoms with Gasteiger partial charge in [-0.2, -0.15) is 0 Å². The lowest BCUT2D eigenvalue weighted by Gasteiger charge is -2.39. The molecule has 1 unspecified atom stereocenters. The number of carbonyl (C=O) groups excluding carboxylic acids is 2. The van der Waals surface area contributed by atoms with Crippen LogP contribution in [-0.2, 0) is 11.2 Å². The van der Waals surface area contributed by atoms with Gasteiger partial charge in [0.05, 0.1) is 0 Å². The van der Waals surface area contributed by atoms with E-state index in [9.17, 15) is 9.59 Å². The van der Waals surface area contributed by atoms with Crippen LogP contribution in [0.3, 0.4) is 0 Å². The van der Waals surface area contributed by atoms with Crippen LogP contribution in [0.5, 0.6) is 0 Å². The summed E-state index contributed by atoms with van der Waals surface area (Å²) in [7, 11) is 0. The Kier molecular flexibility index (Phi) is 5.19. The van der Waals surface area contributed by atoms with Crippen molar-refractivity contribution in [2.75, 3.05) is 39.3 Å². The Morgan fingerprint density at radius 3 is 2.17 bits per heavy atom. The number of piperazine rings is 1. The molecule has 2 aliphatic heterocycles. The van der Waals surface area contributed by atoms with E-state index >= 15 is 0 Å². The molecule has 5 heteroatoms. The van der Waals surface area contributed by atoms with Gasteiger partial charge in [-0.05, 0) is 43.1 Å². The van der Waals surface area contributed by atoms with Crippen molar-refractivity contribution in [1.82, 2.24) is 15.1 Å². The van der Waals surface area contributed by atoms with Gasteiger partial charge in [0.15, 0.2) is 0 Å². The van der Waals surface area contributed by atoms with Gasteiger partial charge in [0, 0.05) is 37.7 Å². The van der Waals surface area contributed by atoms with Crippen molar-refractivity contribution in [3.63, 3.8) is 0 Å². The number of nitrogens with zero attached hydrogens (tertiary/aromatic N) is 2. The van der Waals surface area contributed by atoms with Gasteiger partial charge >= 0.3 is 0 Å². The summed E-state index contributed by atoms with van der Waals surface area (Å²) in [5.41, 5.74) is 1.97. The van der Waals surface area contributed by atoms with Crippen LogP contribution in [0.4, 0.5) is 0 Å². The number of aryl methyl sites for hydroxylation is 1. The van der Waals surface area contributed by atoms with E-state index < -0.39 is 0 Å². The molecule has 24 heavy (non-hydrogen) atoms. The van der Waals surface area contributed by atoms with Crippen molar-refractivity contribution < 1.29 is 9.59 Å². The first-order valence-corrected chi connectivity index (χ1v) is 8.98. The van der Waals surface area contributed by atoms with E-state index in [2.05, 4.69) is 12.2 Å². The minimum absolute atomic E-state index is 0.0704. The van der Waals surface area contributed by atoms with Crippen molar-refractivity contribution in [2.24, 2.45) is 11.8 Å². The molecule has 2 fully saturated rings. The maximum Gasteiger partial charge on any atom is 0.253 e. The van der Waals surface area contributed by atoms with E-state index in [1.807, 2.05) is 41.0 Å². The highest BCUT2D eigenvalue weighted by Crippen LogP contribution is 2.20. The molecule has 2 aliphatic rings. The van der Waals surface area contributed by atoms with Crippen molar-refractivity contribution in [2.45, 2.75) is 20.3 Å². The van der Waals surface area contributed by atoms with Gasteiger partial charge in [0.2, 0.25) is 5.91 Å². The van der Waals surface area contributed by atoms with Gasteiger partial charge in [-0.1, -0.05) is 26.0 Å². The van der Waals surface area contributed by atoms with E-state index in [0.29, 0.717) is 32.1 Å². The normalized spacial score (nSPS) is 19.8. The zero-order valence-electron chi connectivity index (χ0n) is 14.6. The molecule has 2 saturated heterocycles. The fourth-order valence-corrected chi connectivity index (χ4v) is 3.35. The van der Waals surface area contributed by atoms with Gasteiger partial charge in [-0.3, -0.25) is 9.59 Å². The minimum Gasteiger partial charge on any atom is -0.339 e. The summed E-state index contributed by atoms with van der Waals surface area (Å²) in [6, 6.07) is 7.84. The zero-order chi connectivity index (χ0) is 17.1. The first-order valence-electron chi connectivity index (χ1n) is 8.98. The van der Waals surface area contributed by atoms with E-state index in [0.717, 1.165) is 25.1 Å². The molecule has 1 aromatic carbocycles. The van der Waals surface area contributed by atoms with Crippen LogP contribution in [0.2, 0.25) is 0 Å². The number of benzene rings is 1. The maximum absolute atomic E-state index is 12.6. The topological polar surface area (TPSA) is 52.7 Å². The largest absolute Gasteiger partial charge is 0.339 e. The molecule has 0 spiro atoms. The van der Waals surface area contributed by atoms with Crippen LogP contribution in [0.1, 0.15) is 29.8 Å². The van der Waals surface area contributed by atoms with Crippen LogP contribution < -0.4 is 5.32 Å². The Hall–Kier alpha value is -1.88. The van der Waals surface area contributed by atoms with Crippen LogP contribution in [-0.4, -0.2) is 60.9 Å². The third kappa shape index (κ3) is 3.46. The summed E-state index contributed by atoms with van der Waals surface area (Å²) < 4.78 is 0. The van der Waals surface area contributed by atoms with E-state index in [1.165, 1.54) is 5.56 Å². The highest BCUT2D eigenvalue weighted by molar-refractivity contribution is 5.94. The number of rotatable bonds is 4. The molecule has 5 nitrogen and oxygen atoms in total. The van der Waals surface area contributed by atoms with Crippen LogP contribution in [0.15, 0.2) is 24.3 Å². The molecule has 0 aliphatic carbocycles. The van der Waals surface area contributed by atoms with E-state index in [1.54, 1.807) is 0 Å². The molecule has 0 aromatic heterocycles. The van der Waals surface area contributed by atoms with Crippen molar-refractivity contribution >= 4 is 11.8 Å². The van der Waals surface area contributed by atoms with Gasteiger partial charge < -0.3 is 15.1 Å². The molecule has 3 rings (SSSR count). The Balaban J connectivity index is 1.53. The molecule has 1 atom stereocenters. The molecule has 2 amide bonds. The number of hydrogen-bond donors (Lipinski definition) is 1. The highest BCUT2D eigenvalue weighted by atomic mass is 16.2. The molecule has 2 heterocycles. The Morgan fingerprint density at radius 2 is 1.67 bits per heavy atom. The lowest BCUT2D eigenvalue weighted by atomic mass is 9.88. The minimum atomic E-state index is 0.0704. The average molecular weight is 329 g/mol. The standard InChI is InChI=1S/C19H27N3O2/c1-3-15-4-6-16(7-5-15)19(24)22-10-8-21(9-11-22)18(23)14(2)17-12-20-13-17/h4-7,14,17,20H,3,8-13H2,1-2H3. The van der Waals surface area contributed by atoms with Crippen molar-refractivity contribution in [3.05, 3.63) is 35.4 Å². The van der Waals surface area contributed by atoms with Gasteiger partial charge in [0.25, 0.3) is 5.91 Å². The summed E-state index contributed by atoms with van der Waals surface area (Å²) >= 11 is 0. The van der Waals surface area contributed by atoms with Crippen LogP contribution >= 0.6 is 0 Å². The number of carbonyl (C=O) groups is 2. The molecule has 130 valence electrons. The number of amides is 2. The molecular formula is C19H27N3O2. The van der Waals surface area contributed by atoms with Gasteiger partial charge in [-0.15, -0.1) is 0 Å². The van der Waals surface area contributed by atoms with Gasteiger partial charge in [0.1, 0.15) is 0 Å². The zero-order valence-corrected chi connectivity index (χ0v) is 14.6. The molecule has 1 aromatic rings. The average Bonchev–Trinajstić information content (AvgIpc) is 2.59. The Labute approximate surface area is 144 Å². The Bertz CT molecular complexity index is 587. The lowest BCUT2D eigenvalue weighted by molar-refractivity contribution is -0.138. The predicted octanol–water partition coefficient (Wildman–Crippen LogP) is 1.39. The van der Waals surface area contributed by atoms with Gasteiger partial charge in [-0.25, -0.2) is 0 Å². The number of hydrogen-bond acceptors (Lipinski definition) is 3. The lowest BCUT2D eigenvalue weighted by Crippen LogP contribution is -2.55. The second-order valence-corrected chi connectivity index (χ2v) is 6.87. The van der Waals surface area contributed by atoms with Crippen LogP contribution in [0.25, 0.3) is 0 Å². The molecule has 1 N–H and O–H groups in total. The first-order chi connectivity index (χ1) is 11.6. The monoisotopic (exact) mass is 329 g/mol. The summed E-state index contributed by atoms with van der Waals surface area (Å²) in [6.07, 6.45) is 0.976. The summed E-state index contributed by atoms with van der Waals surface area (Å²) in [5, 5.41) is 3.22. The van der Waals surface area contributed by atoms with E-state index in [-0.39, 0.29) is 17.7 Å². The maximum atomic E-state index is 12.6. The third-order valence-electron chi connectivity index (χ3n) is 5.40. The predicted molar refractivity (Wildman–Crippen MR) is 93.8 cm³/mol. The first kappa shape index (κ1) is 17.0. The van der Waals surface area contributed by atoms with Crippen molar-refractivity contribution in [3.8, 4) is 0 Å². The molecule has 0 radical (unpaired) electrons. The number of nitrogens with one attached hydrogen (secondary N) is 1. The Morgan fingerprint density at radius 1 is 1.08 bits per heavy atom. The second-order valence-electron chi connectivity index (χ2n) is 6.87. The van der Waals surface area contributed by atoms with Crippen LogP contribution in [0, 0.1) is 11.8 Å². The third-order valence-corrected chi connectivity index (χ3v) is 5.40. The fraction of sp³-hybridized carbons (Fsp3) is 0.579. The highest BCUT2D eigenvalue weighted by Gasteiger charge is 2.33. The van der Waals surface area contributed by atoms with Crippen molar-refractivity contribution in [1.29, 1.82) is 0 Å². The van der Waals surface area contributed by atoms with E-state index in [4.69, 9.17) is 0 Å². The second kappa shape index (κ2) is 7.34. The molecular weight excluding hydrogens is 302 g/mol. The fourth-order valence-electron chi connectivity index (χ4n) is 3.35. The summed E-state index contributed by atoms with van der Waals surface area (Å²) in [4.78, 5) is 28.9. The summed E-state index contributed by atoms with van der Waals surface area (Å²) in [6.45, 7) is 8.54. The SMILES string of the molecule is CCc1ccc(C(=O)N2CCN(C(=O)C(C)C3CNC3)CC2)cc1.